The van der Waals surface area contributed by atoms with E-state index in [0.717, 1.165) is 18.5 Å². The van der Waals surface area contributed by atoms with Gasteiger partial charge in [0.2, 0.25) is 0 Å². The highest BCUT2D eigenvalue weighted by Crippen LogP contribution is 2.28. The predicted molar refractivity (Wildman–Crippen MR) is 94.9 cm³/mol. The third-order valence-electron chi connectivity index (χ3n) is 3.80. The first-order valence-electron chi connectivity index (χ1n) is 7.59. The second kappa shape index (κ2) is 5.93. The SMILES string of the molecule is Cc1cccc(NC(=S)NC2CC(C)(C)NC(C)(C)C2)c1. The monoisotopic (exact) mass is 305 g/mol. The molecule has 2 rings (SSSR count). The molecule has 0 unspecified atom stereocenters. The fourth-order valence-electron chi connectivity index (χ4n) is 3.50. The molecule has 3 nitrogen and oxygen atoms in total. The Morgan fingerprint density at radius 2 is 1.81 bits per heavy atom. The maximum atomic E-state index is 5.47. The number of piperidine rings is 1. The molecule has 1 heterocycles. The van der Waals surface area contributed by atoms with Crippen molar-refractivity contribution in [2.75, 3.05) is 5.32 Å². The zero-order valence-electron chi connectivity index (χ0n) is 13.7. The molecule has 0 saturated carbocycles. The number of rotatable bonds is 2. The van der Waals surface area contributed by atoms with E-state index in [1.54, 1.807) is 0 Å². The number of nitrogens with one attached hydrogen (secondary N) is 3. The van der Waals surface area contributed by atoms with Crippen LogP contribution in [0, 0.1) is 6.92 Å². The van der Waals surface area contributed by atoms with Crippen LogP contribution in [0.4, 0.5) is 5.69 Å². The van der Waals surface area contributed by atoms with Crippen molar-refractivity contribution in [3.8, 4) is 0 Å². The molecule has 1 aliphatic heterocycles. The smallest absolute Gasteiger partial charge is 0.170 e. The van der Waals surface area contributed by atoms with Crippen molar-refractivity contribution in [2.45, 2.75) is 64.6 Å². The van der Waals surface area contributed by atoms with Crippen molar-refractivity contribution in [1.29, 1.82) is 0 Å². The highest BCUT2D eigenvalue weighted by Gasteiger charge is 2.37. The molecule has 0 bridgehead atoms. The van der Waals surface area contributed by atoms with Crippen LogP contribution in [0.3, 0.4) is 0 Å². The first-order valence-corrected chi connectivity index (χ1v) is 8.00. The van der Waals surface area contributed by atoms with E-state index in [-0.39, 0.29) is 11.1 Å². The van der Waals surface area contributed by atoms with E-state index in [2.05, 4.69) is 62.7 Å². The lowest BCUT2D eigenvalue weighted by Crippen LogP contribution is -2.62. The van der Waals surface area contributed by atoms with Crippen LogP contribution in [0.1, 0.15) is 46.1 Å². The Kier molecular flexibility index (Phi) is 4.59. The highest BCUT2D eigenvalue weighted by atomic mass is 32.1. The number of thiocarbonyl (C=S) groups is 1. The van der Waals surface area contributed by atoms with Crippen LogP contribution in [0.15, 0.2) is 24.3 Å². The van der Waals surface area contributed by atoms with Gasteiger partial charge in [-0.3, -0.25) is 0 Å². The van der Waals surface area contributed by atoms with Crippen molar-refractivity contribution in [2.24, 2.45) is 0 Å². The highest BCUT2D eigenvalue weighted by molar-refractivity contribution is 7.80. The zero-order valence-corrected chi connectivity index (χ0v) is 14.5. The third-order valence-corrected chi connectivity index (χ3v) is 4.02. The van der Waals surface area contributed by atoms with Gasteiger partial charge in [-0.2, -0.15) is 0 Å². The Bertz CT molecular complexity index is 507. The molecule has 1 aromatic rings. The Hall–Kier alpha value is -1.13. The van der Waals surface area contributed by atoms with E-state index >= 15 is 0 Å². The second-order valence-corrected chi connectivity index (χ2v) is 7.87. The first kappa shape index (κ1) is 16.2. The molecule has 0 radical (unpaired) electrons. The topological polar surface area (TPSA) is 36.1 Å². The van der Waals surface area contributed by atoms with Crippen molar-refractivity contribution < 1.29 is 0 Å². The van der Waals surface area contributed by atoms with Crippen LogP contribution in [0.25, 0.3) is 0 Å². The molecule has 0 aromatic heterocycles. The molecule has 0 aliphatic carbocycles. The lowest BCUT2D eigenvalue weighted by atomic mass is 9.80. The standard InChI is InChI=1S/C17H27N3S/c1-12-7-6-8-13(9-12)18-15(21)19-14-10-16(2,3)20-17(4,5)11-14/h6-9,14,20H,10-11H2,1-5H3,(H2,18,19,21). The lowest BCUT2D eigenvalue weighted by Gasteiger charge is -2.46. The van der Waals surface area contributed by atoms with E-state index in [1.165, 1.54) is 5.56 Å². The number of hydrogen-bond donors (Lipinski definition) is 3. The molecule has 3 N–H and O–H groups in total. The average molecular weight is 305 g/mol. The van der Waals surface area contributed by atoms with Crippen molar-refractivity contribution >= 4 is 23.0 Å². The Labute approximate surface area is 133 Å². The molecule has 0 amide bonds. The van der Waals surface area contributed by atoms with Gasteiger partial charge >= 0.3 is 0 Å². The molecule has 0 spiro atoms. The molecular formula is C17H27N3S. The Balaban J connectivity index is 1.96. The quantitative estimate of drug-likeness (QED) is 0.730. The normalized spacial score (nSPS) is 20.8. The van der Waals surface area contributed by atoms with Gasteiger partial charge in [-0.15, -0.1) is 0 Å². The van der Waals surface area contributed by atoms with Crippen molar-refractivity contribution in [3.05, 3.63) is 29.8 Å². The summed E-state index contributed by atoms with van der Waals surface area (Å²) in [5.74, 6) is 0. The summed E-state index contributed by atoms with van der Waals surface area (Å²) in [6, 6.07) is 8.65. The Morgan fingerprint density at radius 1 is 1.19 bits per heavy atom. The molecule has 116 valence electrons. The minimum atomic E-state index is 0.123. The van der Waals surface area contributed by atoms with Crippen molar-refractivity contribution in [1.82, 2.24) is 10.6 Å². The summed E-state index contributed by atoms with van der Waals surface area (Å²) < 4.78 is 0. The van der Waals surface area contributed by atoms with Gasteiger partial charge in [0, 0.05) is 22.8 Å². The van der Waals surface area contributed by atoms with Gasteiger partial charge in [0.15, 0.2) is 5.11 Å². The zero-order chi connectivity index (χ0) is 15.7. The summed E-state index contributed by atoms with van der Waals surface area (Å²) >= 11 is 5.47. The van der Waals surface area contributed by atoms with E-state index in [1.807, 2.05) is 12.1 Å². The predicted octanol–water partition coefficient (Wildman–Crippen LogP) is 3.59. The summed E-state index contributed by atoms with van der Waals surface area (Å²) in [5.41, 5.74) is 2.52. The third kappa shape index (κ3) is 4.97. The molecule has 21 heavy (non-hydrogen) atoms. The minimum Gasteiger partial charge on any atom is -0.360 e. The van der Waals surface area contributed by atoms with E-state index in [9.17, 15) is 0 Å². The van der Waals surface area contributed by atoms with Gasteiger partial charge < -0.3 is 16.0 Å². The van der Waals surface area contributed by atoms with Crippen LogP contribution in [0.5, 0.6) is 0 Å². The van der Waals surface area contributed by atoms with Gasteiger partial charge in [-0.25, -0.2) is 0 Å². The van der Waals surface area contributed by atoms with Crippen molar-refractivity contribution in [3.63, 3.8) is 0 Å². The fraction of sp³-hybridized carbons (Fsp3) is 0.588. The number of anilines is 1. The van der Waals surface area contributed by atoms with E-state index in [0.29, 0.717) is 11.2 Å². The number of aryl methyl sites for hydroxylation is 1. The minimum absolute atomic E-state index is 0.123. The summed E-state index contributed by atoms with van der Waals surface area (Å²) in [4.78, 5) is 0. The molecule has 1 aromatic carbocycles. The van der Waals surface area contributed by atoms with Gasteiger partial charge in [-0.05, 0) is 77.4 Å². The van der Waals surface area contributed by atoms with E-state index in [4.69, 9.17) is 12.2 Å². The maximum Gasteiger partial charge on any atom is 0.170 e. The van der Waals surface area contributed by atoms with Gasteiger partial charge in [0.25, 0.3) is 0 Å². The summed E-state index contributed by atoms with van der Waals surface area (Å²) in [6.45, 7) is 11.1. The van der Waals surface area contributed by atoms with Crippen LogP contribution < -0.4 is 16.0 Å². The molecule has 0 atom stereocenters. The summed E-state index contributed by atoms with van der Waals surface area (Å²) in [6.07, 6.45) is 2.12. The summed E-state index contributed by atoms with van der Waals surface area (Å²) in [5, 5.41) is 11.2. The molecule has 4 heteroatoms. The summed E-state index contributed by atoms with van der Waals surface area (Å²) in [7, 11) is 0. The van der Waals surface area contributed by atoms with Gasteiger partial charge in [0.05, 0.1) is 0 Å². The fourth-order valence-corrected chi connectivity index (χ4v) is 3.78. The largest absolute Gasteiger partial charge is 0.360 e. The maximum absolute atomic E-state index is 5.47. The first-order chi connectivity index (χ1) is 9.65. The Morgan fingerprint density at radius 3 is 2.38 bits per heavy atom. The molecule has 1 saturated heterocycles. The average Bonchev–Trinajstić information content (AvgIpc) is 2.23. The lowest BCUT2D eigenvalue weighted by molar-refractivity contribution is 0.156. The van der Waals surface area contributed by atoms with E-state index < -0.39 is 0 Å². The van der Waals surface area contributed by atoms with Gasteiger partial charge in [-0.1, -0.05) is 12.1 Å². The van der Waals surface area contributed by atoms with Crippen LogP contribution >= 0.6 is 12.2 Å². The van der Waals surface area contributed by atoms with Crippen LogP contribution in [0.2, 0.25) is 0 Å². The van der Waals surface area contributed by atoms with Crippen LogP contribution in [-0.4, -0.2) is 22.2 Å². The molecule has 1 fully saturated rings. The second-order valence-electron chi connectivity index (χ2n) is 7.47. The van der Waals surface area contributed by atoms with Gasteiger partial charge in [0.1, 0.15) is 0 Å². The number of benzene rings is 1. The molecular weight excluding hydrogens is 278 g/mol. The molecule has 1 aliphatic rings. The number of hydrogen-bond acceptors (Lipinski definition) is 2. The van der Waals surface area contributed by atoms with Crippen LogP contribution in [-0.2, 0) is 0 Å².